The van der Waals surface area contributed by atoms with Crippen LogP contribution in [0.4, 0.5) is 0 Å². The van der Waals surface area contributed by atoms with E-state index in [9.17, 15) is 0 Å². The number of fused-ring (bicyclic) bond motifs is 1. The number of rotatable bonds is 3. The van der Waals surface area contributed by atoms with E-state index in [0.717, 1.165) is 6.54 Å². The highest BCUT2D eigenvalue weighted by atomic mass is 32.2. The average molecular weight is 207 g/mol. The lowest BCUT2D eigenvalue weighted by Gasteiger charge is -2.28. The van der Waals surface area contributed by atoms with Gasteiger partial charge in [0.1, 0.15) is 0 Å². The van der Waals surface area contributed by atoms with E-state index in [-0.39, 0.29) is 0 Å². The summed E-state index contributed by atoms with van der Waals surface area (Å²) in [6.07, 6.45) is 3.41. The Balaban J connectivity index is 1.99. The molecule has 0 aromatic heterocycles. The molecule has 2 heteroatoms. The molecule has 0 fully saturated rings. The molecule has 1 aliphatic heterocycles. The summed E-state index contributed by atoms with van der Waals surface area (Å²) in [4.78, 5) is 2.55. The second-order valence-electron chi connectivity index (χ2n) is 3.79. The van der Waals surface area contributed by atoms with Gasteiger partial charge in [-0.3, -0.25) is 4.90 Å². The molecule has 76 valence electrons. The highest BCUT2D eigenvalue weighted by Crippen LogP contribution is 2.18. The van der Waals surface area contributed by atoms with E-state index in [4.69, 9.17) is 0 Å². The van der Waals surface area contributed by atoms with Crippen LogP contribution < -0.4 is 0 Å². The van der Waals surface area contributed by atoms with Crippen LogP contribution in [-0.4, -0.2) is 30.0 Å². The van der Waals surface area contributed by atoms with Crippen LogP contribution in [0.5, 0.6) is 0 Å². The molecule has 1 heterocycles. The molecule has 1 aliphatic rings. The molecule has 1 aromatic carbocycles. The Labute approximate surface area is 90.5 Å². The van der Waals surface area contributed by atoms with Crippen molar-refractivity contribution in [2.45, 2.75) is 13.0 Å². The molecule has 0 amide bonds. The minimum absolute atomic E-state index is 1.15. The van der Waals surface area contributed by atoms with Crippen LogP contribution >= 0.6 is 11.8 Å². The van der Waals surface area contributed by atoms with E-state index >= 15 is 0 Å². The Morgan fingerprint density at radius 2 is 2.07 bits per heavy atom. The smallest absolute Gasteiger partial charge is 0.0236 e. The van der Waals surface area contributed by atoms with Crippen molar-refractivity contribution >= 4 is 11.8 Å². The number of thioether (sulfide) groups is 1. The lowest BCUT2D eigenvalue weighted by Crippen LogP contribution is -2.32. The molecular weight excluding hydrogens is 190 g/mol. The van der Waals surface area contributed by atoms with Crippen molar-refractivity contribution in [1.82, 2.24) is 4.90 Å². The van der Waals surface area contributed by atoms with Crippen LogP contribution in [0.2, 0.25) is 0 Å². The zero-order valence-electron chi connectivity index (χ0n) is 8.70. The van der Waals surface area contributed by atoms with Gasteiger partial charge in [0.25, 0.3) is 0 Å². The van der Waals surface area contributed by atoms with Crippen molar-refractivity contribution in [2.75, 3.05) is 25.1 Å². The second-order valence-corrected chi connectivity index (χ2v) is 4.77. The molecule has 0 saturated heterocycles. The van der Waals surface area contributed by atoms with Crippen LogP contribution in [0.1, 0.15) is 11.1 Å². The van der Waals surface area contributed by atoms with Crippen molar-refractivity contribution in [1.29, 1.82) is 0 Å². The maximum absolute atomic E-state index is 2.55. The standard InChI is InChI=1S/C12H17NS/c1-14-9-8-13-7-6-11-4-2-3-5-12(11)10-13/h2-5H,6-10H2,1H3. The lowest BCUT2D eigenvalue weighted by atomic mass is 10.0. The van der Waals surface area contributed by atoms with Crippen molar-refractivity contribution in [2.24, 2.45) is 0 Å². The fraction of sp³-hybridized carbons (Fsp3) is 0.500. The predicted octanol–water partition coefficient (Wildman–Crippen LogP) is 2.41. The van der Waals surface area contributed by atoms with E-state index in [1.807, 2.05) is 11.8 Å². The molecule has 1 nitrogen and oxygen atoms in total. The van der Waals surface area contributed by atoms with E-state index in [0.29, 0.717) is 0 Å². The molecule has 0 unspecified atom stereocenters. The number of hydrogen-bond donors (Lipinski definition) is 0. The molecule has 0 spiro atoms. The van der Waals surface area contributed by atoms with Gasteiger partial charge in [0.2, 0.25) is 0 Å². The van der Waals surface area contributed by atoms with E-state index in [1.54, 1.807) is 5.56 Å². The summed E-state index contributed by atoms with van der Waals surface area (Å²) >= 11 is 1.93. The fourth-order valence-electron chi connectivity index (χ4n) is 1.97. The molecule has 0 N–H and O–H groups in total. The summed E-state index contributed by atoms with van der Waals surface area (Å²) in [6.45, 7) is 3.61. The third-order valence-electron chi connectivity index (χ3n) is 2.82. The second kappa shape index (κ2) is 4.85. The van der Waals surface area contributed by atoms with Gasteiger partial charge in [0.05, 0.1) is 0 Å². The normalized spacial score (nSPS) is 16.6. The number of nitrogens with zero attached hydrogens (tertiary/aromatic N) is 1. The molecule has 14 heavy (non-hydrogen) atoms. The molecule has 2 rings (SSSR count). The van der Waals surface area contributed by atoms with Crippen molar-refractivity contribution in [3.8, 4) is 0 Å². The summed E-state index contributed by atoms with van der Waals surface area (Å²) in [5.41, 5.74) is 3.08. The summed E-state index contributed by atoms with van der Waals surface area (Å²) in [7, 11) is 0. The molecule has 0 saturated carbocycles. The monoisotopic (exact) mass is 207 g/mol. The van der Waals surface area contributed by atoms with Gasteiger partial charge >= 0.3 is 0 Å². The fourth-order valence-corrected chi connectivity index (χ4v) is 2.41. The van der Waals surface area contributed by atoms with Gasteiger partial charge in [-0.25, -0.2) is 0 Å². The van der Waals surface area contributed by atoms with Crippen LogP contribution in [0.3, 0.4) is 0 Å². The molecule has 0 bridgehead atoms. The molecule has 0 aliphatic carbocycles. The van der Waals surface area contributed by atoms with Crippen molar-refractivity contribution in [3.05, 3.63) is 35.4 Å². The topological polar surface area (TPSA) is 3.24 Å². The first kappa shape index (κ1) is 10.1. The Morgan fingerprint density at radius 1 is 1.29 bits per heavy atom. The Bertz CT molecular complexity index is 298. The quantitative estimate of drug-likeness (QED) is 0.749. The minimum atomic E-state index is 1.15. The van der Waals surface area contributed by atoms with Crippen LogP contribution in [0, 0.1) is 0 Å². The number of hydrogen-bond acceptors (Lipinski definition) is 2. The average Bonchev–Trinajstić information content (AvgIpc) is 2.26. The van der Waals surface area contributed by atoms with E-state index < -0.39 is 0 Å². The summed E-state index contributed by atoms with van der Waals surface area (Å²) in [6, 6.07) is 8.83. The first-order valence-electron chi connectivity index (χ1n) is 5.18. The zero-order valence-corrected chi connectivity index (χ0v) is 9.52. The maximum Gasteiger partial charge on any atom is 0.0236 e. The highest BCUT2D eigenvalue weighted by molar-refractivity contribution is 7.98. The third kappa shape index (κ3) is 2.31. The van der Waals surface area contributed by atoms with Gasteiger partial charge < -0.3 is 0 Å². The summed E-state index contributed by atoms with van der Waals surface area (Å²) in [5, 5.41) is 0. The van der Waals surface area contributed by atoms with Gasteiger partial charge in [0.15, 0.2) is 0 Å². The van der Waals surface area contributed by atoms with Crippen LogP contribution in [0.25, 0.3) is 0 Å². The van der Waals surface area contributed by atoms with E-state index in [2.05, 4.69) is 35.4 Å². The van der Waals surface area contributed by atoms with Gasteiger partial charge in [0, 0.05) is 25.4 Å². The Kier molecular flexibility index (Phi) is 3.49. The Morgan fingerprint density at radius 3 is 2.86 bits per heavy atom. The molecule has 1 aromatic rings. The van der Waals surface area contributed by atoms with Gasteiger partial charge in [-0.15, -0.1) is 0 Å². The van der Waals surface area contributed by atoms with Gasteiger partial charge in [-0.05, 0) is 23.8 Å². The maximum atomic E-state index is 2.55. The predicted molar refractivity (Wildman–Crippen MR) is 63.8 cm³/mol. The van der Waals surface area contributed by atoms with Crippen LogP contribution in [-0.2, 0) is 13.0 Å². The highest BCUT2D eigenvalue weighted by Gasteiger charge is 2.14. The molecule has 0 radical (unpaired) electrons. The van der Waals surface area contributed by atoms with Crippen molar-refractivity contribution in [3.63, 3.8) is 0 Å². The minimum Gasteiger partial charge on any atom is -0.298 e. The first-order valence-corrected chi connectivity index (χ1v) is 6.57. The van der Waals surface area contributed by atoms with Gasteiger partial charge in [-0.2, -0.15) is 11.8 Å². The third-order valence-corrected chi connectivity index (χ3v) is 3.41. The molecule has 0 atom stereocenters. The summed E-state index contributed by atoms with van der Waals surface area (Å²) < 4.78 is 0. The lowest BCUT2D eigenvalue weighted by molar-refractivity contribution is 0.270. The van der Waals surface area contributed by atoms with E-state index in [1.165, 1.54) is 30.8 Å². The Hall–Kier alpha value is -0.470. The van der Waals surface area contributed by atoms with Gasteiger partial charge in [-0.1, -0.05) is 24.3 Å². The summed E-state index contributed by atoms with van der Waals surface area (Å²) in [5.74, 6) is 1.25. The van der Waals surface area contributed by atoms with Crippen LogP contribution in [0.15, 0.2) is 24.3 Å². The largest absolute Gasteiger partial charge is 0.298 e. The molecular formula is C12H17NS. The number of benzene rings is 1. The first-order chi connectivity index (χ1) is 6.90. The zero-order chi connectivity index (χ0) is 9.80. The SMILES string of the molecule is CSCCN1CCc2ccccc2C1. The van der Waals surface area contributed by atoms with Crippen molar-refractivity contribution < 1.29 is 0 Å².